The van der Waals surface area contributed by atoms with E-state index in [4.69, 9.17) is 0 Å². The highest BCUT2D eigenvalue weighted by Gasteiger charge is 2.03. The van der Waals surface area contributed by atoms with E-state index in [0.717, 1.165) is 28.9 Å². The topological polar surface area (TPSA) is 25.8 Å². The monoisotopic (exact) mass is 432 g/mol. The molecule has 0 saturated heterocycles. The Bertz CT molecular complexity index is 634. The number of pyridine rings is 2. The Labute approximate surface area is 120 Å². The summed E-state index contributed by atoms with van der Waals surface area (Å²) in [6.07, 6.45) is 3.75. The average molecular weight is 432 g/mol. The number of rotatable bonds is 0. The first-order valence-electron chi connectivity index (χ1n) is 4.73. The minimum atomic E-state index is 0.981. The van der Waals surface area contributed by atoms with Crippen LogP contribution in [-0.4, -0.2) is 9.97 Å². The maximum atomic E-state index is 4.47. The second-order valence-electron chi connectivity index (χ2n) is 3.52. The molecular weight excluding hydrogens is 426 g/mol. The normalized spacial score (nSPS) is 11.1. The van der Waals surface area contributed by atoms with Gasteiger partial charge in [-0.05, 0) is 57.3 Å². The van der Waals surface area contributed by atoms with Crippen LogP contribution in [0.4, 0.5) is 0 Å². The lowest BCUT2D eigenvalue weighted by atomic mass is 10.1. The predicted molar refractivity (Wildman–Crippen MR) is 82.5 cm³/mol. The van der Waals surface area contributed by atoms with Crippen molar-refractivity contribution < 1.29 is 0 Å². The van der Waals surface area contributed by atoms with Gasteiger partial charge in [0.15, 0.2) is 0 Å². The van der Waals surface area contributed by atoms with Gasteiger partial charge in [0.05, 0.1) is 11.0 Å². The predicted octanol–water partition coefficient (Wildman–Crippen LogP) is 3.99. The number of hydrogen-bond donors (Lipinski definition) is 0. The quantitative estimate of drug-likeness (QED) is 0.397. The number of halogens is 2. The largest absolute Gasteiger partial charge is 0.253 e. The lowest BCUT2D eigenvalue weighted by Crippen LogP contribution is -1.87. The van der Waals surface area contributed by atoms with Gasteiger partial charge in [0.25, 0.3) is 0 Å². The number of aromatic nitrogens is 2. The molecule has 4 heteroatoms. The van der Waals surface area contributed by atoms with Gasteiger partial charge in [0.2, 0.25) is 0 Å². The van der Waals surface area contributed by atoms with E-state index in [0.29, 0.717) is 0 Å². The molecule has 0 aliphatic rings. The molecule has 0 atom stereocenters. The molecule has 2 aromatic heterocycles. The second kappa shape index (κ2) is 4.06. The zero-order chi connectivity index (χ0) is 11.1. The number of hydrogen-bond acceptors (Lipinski definition) is 2. The molecule has 0 saturated carbocycles. The molecule has 0 aliphatic carbocycles. The Balaban J connectivity index is 2.50. The van der Waals surface area contributed by atoms with Crippen LogP contribution in [0.25, 0.3) is 21.8 Å². The minimum absolute atomic E-state index is 0.981. The van der Waals surface area contributed by atoms with Crippen molar-refractivity contribution in [2.24, 2.45) is 0 Å². The molecule has 0 radical (unpaired) electrons. The molecule has 1 aromatic carbocycles. The molecule has 3 rings (SSSR count). The maximum absolute atomic E-state index is 4.47. The summed E-state index contributed by atoms with van der Waals surface area (Å²) < 4.78 is 2.30. The van der Waals surface area contributed by atoms with E-state index < -0.39 is 0 Å². The molecule has 0 bridgehead atoms. The smallest absolute Gasteiger partial charge is 0.0965 e. The Morgan fingerprint density at radius 1 is 0.750 bits per heavy atom. The fraction of sp³-hybridized carbons (Fsp3) is 0. The van der Waals surface area contributed by atoms with Gasteiger partial charge in [-0.15, -0.1) is 0 Å². The Morgan fingerprint density at radius 2 is 1.19 bits per heavy atom. The third kappa shape index (κ3) is 1.77. The van der Waals surface area contributed by atoms with E-state index in [1.807, 2.05) is 12.4 Å². The van der Waals surface area contributed by atoms with Gasteiger partial charge < -0.3 is 0 Å². The maximum Gasteiger partial charge on any atom is 0.0965 e. The van der Waals surface area contributed by atoms with Gasteiger partial charge >= 0.3 is 0 Å². The van der Waals surface area contributed by atoms with Crippen LogP contribution in [-0.2, 0) is 0 Å². The van der Waals surface area contributed by atoms with Crippen LogP contribution in [0.3, 0.4) is 0 Å². The Morgan fingerprint density at radius 3 is 1.62 bits per heavy atom. The van der Waals surface area contributed by atoms with Gasteiger partial charge in [-0.1, -0.05) is 12.1 Å². The molecule has 0 unspecified atom stereocenters. The molecule has 2 nitrogen and oxygen atoms in total. The highest BCUT2D eigenvalue weighted by Crippen LogP contribution is 2.24. The fourth-order valence-corrected chi connectivity index (χ4v) is 2.69. The summed E-state index contributed by atoms with van der Waals surface area (Å²) in [5, 5.41) is 2.29. The molecular formula is C12H6I2N2. The van der Waals surface area contributed by atoms with Gasteiger partial charge in [0.1, 0.15) is 0 Å². The van der Waals surface area contributed by atoms with Crippen molar-refractivity contribution >= 4 is 67.0 Å². The van der Waals surface area contributed by atoms with Crippen LogP contribution in [0.5, 0.6) is 0 Å². The van der Waals surface area contributed by atoms with Crippen molar-refractivity contribution in [1.82, 2.24) is 9.97 Å². The molecule has 0 fully saturated rings. The first kappa shape index (κ1) is 10.6. The average Bonchev–Trinajstić information content (AvgIpc) is 2.28. The van der Waals surface area contributed by atoms with Crippen LogP contribution in [0.15, 0.2) is 36.7 Å². The van der Waals surface area contributed by atoms with Crippen LogP contribution < -0.4 is 0 Å². The van der Waals surface area contributed by atoms with Crippen molar-refractivity contribution in [2.75, 3.05) is 0 Å². The van der Waals surface area contributed by atoms with E-state index in [2.05, 4.69) is 79.4 Å². The summed E-state index contributed by atoms with van der Waals surface area (Å²) >= 11 is 4.55. The van der Waals surface area contributed by atoms with E-state index in [-0.39, 0.29) is 0 Å². The molecule has 16 heavy (non-hydrogen) atoms. The van der Waals surface area contributed by atoms with Gasteiger partial charge in [0, 0.05) is 30.3 Å². The third-order valence-electron chi connectivity index (χ3n) is 2.43. The Kier molecular flexibility index (Phi) is 2.70. The van der Waals surface area contributed by atoms with Crippen molar-refractivity contribution in [2.45, 2.75) is 0 Å². The molecule has 0 spiro atoms. The van der Waals surface area contributed by atoms with E-state index in [1.165, 1.54) is 0 Å². The zero-order valence-corrected chi connectivity index (χ0v) is 12.4. The van der Waals surface area contributed by atoms with Crippen molar-refractivity contribution in [3.8, 4) is 0 Å². The number of fused-ring (bicyclic) bond motifs is 3. The lowest BCUT2D eigenvalue weighted by molar-refractivity contribution is 1.35. The number of nitrogens with zero attached hydrogens (tertiary/aromatic N) is 2. The molecule has 3 aromatic rings. The SMILES string of the molecule is Ic1cnc2c(ccc3cc(I)cnc32)c1. The Hall–Kier alpha value is -0.500. The minimum Gasteiger partial charge on any atom is -0.253 e. The third-order valence-corrected chi connectivity index (χ3v) is 3.61. The van der Waals surface area contributed by atoms with Gasteiger partial charge in [-0.25, -0.2) is 0 Å². The highest BCUT2D eigenvalue weighted by molar-refractivity contribution is 14.1. The second-order valence-corrected chi connectivity index (χ2v) is 6.01. The molecule has 78 valence electrons. The first-order valence-corrected chi connectivity index (χ1v) is 6.89. The summed E-state index contributed by atoms with van der Waals surface area (Å²) in [6, 6.07) is 8.46. The van der Waals surface area contributed by atoms with E-state index >= 15 is 0 Å². The van der Waals surface area contributed by atoms with Crippen molar-refractivity contribution in [3.63, 3.8) is 0 Å². The zero-order valence-electron chi connectivity index (χ0n) is 8.11. The van der Waals surface area contributed by atoms with E-state index in [1.54, 1.807) is 0 Å². The summed E-state index contributed by atoms with van der Waals surface area (Å²) in [7, 11) is 0. The van der Waals surface area contributed by atoms with Gasteiger partial charge in [-0.3, -0.25) is 9.97 Å². The first-order chi connectivity index (χ1) is 7.74. The van der Waals surface area contributed by atoms with Crippen molar-refractivity contribution in [1.29, 1.82) is 0 Å². The van der Waals surface area contributed by atoms with Crippen LogP contribution in [0.2, 0.25) is 0 Å². The summed E-state index contributed by atoms with van der Waals surface area (Å²) in [5.74, 6) is 0. The fourth-order valence-electron chi connectivity index (χ4n) is 1.74. The van der Waals surface area contributed by atoms with Crippen LogP contribution in [0, 0.1) is 7.14 Å². The van der Waals surface area contributed by atoms with Crippen molar-refractivity contribution in [3.05, 3.63) is 43.8 Å². The highest BCUT2D eigenvalue weighted by atomic mass is 127. The lowest BCUT2D eigenvalue weighted by Gasteiger charge is -2.02. The molecule has 2 heterocycles. The molecule has 0 aliphatic heterocycles. The summed E-state index contributed by atoms with van der Waals surface area (Å²) in [5.41, 5.74) is 1.96. The van der Waals surface area contributed by atoms with E-state index in [9.17, 15) is 0 Å². The summed E-state index contributed by atoms with van der Waals surface area (Å²) in [4.78, 5) is 8.93. The van der Waals surface area contributed by atoms with Crippen LogP contribution >= 0.6 is 45.2 Å². The standard InChI is InChI=1S/C12H6I2N2/c13-9-3-7-1-2-8-4-10(14)6-16-12(8)11(7)15-5-9/h1-6H. The molecule has 0 amide bonds. The van der Waals surface area contributed by atoms with Crippen LogP contribution in [0.1, 0.15) is 0 Å². The molecule has 0 N–H and O–H groups in total. The van der Waals surface area contributed by atoms with Gasteiger partial charge in [-0.2, -0.15) is 0 Å². The summed E-state index contributed by atoms with van der Waals surface area (Å²) in [6.45, 7) is 0. The number of benzene rings is 1.